The molecule has 2 heterocycles. The van der Waals surface area contributed by atoms with Crippen LogP contribution in [0.1, 0.15) is 12.5 Å². The smallest absolute Gasteiger partial charge is 0.408 e. The second-order valence-corrected chi connectivity index (χ2v) is 8.14. The van der Waals surface area contributed by atoms with E-state index in [-0.39, 0.29) is 29.0 Å². The van der Waals surface area contributed by atoms with Gasteiger partial charge in [0.1, 0.15) is 6.54 Å². The van der Waals surface area contributed by atoms with E-state index in [2.05, 4.69) is 0 Å². The Balaban J connectivity index is 1.71. The average Bonchev–Trinajstić information content (AvgIpc) is 3.09. The molecule has 2 N–H and O–H groups in total. The fourth-order valence-corrected chi connectivity index (χ4v) is 4.06. The van der Waals surface area contributed by atoms with Crippen LogP contribution in [0.2, 0.25) is 0 Å². The Bertz CT molecular complexity index is 1230. The molecule has 9 heteroatoms. The molecule has 0 saturated heterocycles. The zero-order valence-electron chi connectivity index (χ0n) is 14.5. The van der Waals surface area contributed by atoms with Gasteiger partial charge in [0.2, 0.25) is 15.9 Å². The number of rotatable bonds is 3. The number of anilines is 1. The van der Waals surface area contributed by atoms with Gasteiger partial charge in [-0.2, -0.15) is 0 Å². The first-order valence-corrected chi connectivity index (χ1v) is 9.86. The number of oxazole rings is 1. The highest BCUT2D eigenvalue weighted by Crippen LogP contribution is 2.32. The third-order valence-electron chi connectivity index (χ3n) is 4.74. The van der Waals surface area contributed by atoms with Crippen LogP contribution in [-0.2, 0) is 27.8 Å². The number of hydrogen-bond acceptors (Lipinski definition) is 5. The van der Waals surface area contributed by atoms with Crippen molar-refractivity contribution in [2.24, 2.45) is 5.14 Å². The fourth-order valence-electron chi connectivity index (χ4n) is 3.53. The third kappa shape index (κ3) is 2.94. The van der Waals surface area contributed by atoms with Crippen LogP contribution in [0.25, 0.3) is 11.1 Å². The summed E-state index contributed by atoms with van der Waals surface area (Å²) in [5, 5.41) is 5.10. The van der Waals surface area contributed by atoms with E-state index >= 15 is 0 Å². The molecule has 0 unspecified atom stereocenters. The van der Waals surface area contributed by atoms with Crippen molar-refractivity contribution in [3.05, 3.63) is 58.6 Å². The highest BCUT2D eigenvalue weighted by atomic mass is 32.2. The molecule has 1 atom stereocenters. The van der Waals surface area contributed by atoms with E-state index in [0.29, 0.717) is 5.52 Å². The Morgan fingerprint density at radius 1 is 1.26 bits per heavy atom. The first-order chi connectivity index (χ1) is 12.8. The lowest BCUT2D eigenvalue weighted by molar-refractivity contribution is -0.119. The Morgan fingerprint density at radius 3 is 2.74 bits per heavy atom. The summed E-state index contributed by atoms with van der Waals surface area (Å²) >= 11 is 0. The molecule has 140 valence electrons. The van der Waals surface area contributed by atoms with Gasteiger partial charge in [-0.1, -0.05) is 18.2 Å². The summed E-state index contributed by atoms with van der Waals surface area (Å²) in [6, 6.07) is 11.5. The van der Waals surface area contributed by atoms with Crippen molar-refractivity contribution in [2.45, 2.75) is 30.8 Å². The van der Waals surface area contributed by atoms with Crippen LogP contribution in [-0.4, -0.2) is 24.9 Å². The van der Waals surface area contributed by atoms with Crippen LogP contribution >= 0.6 is 0 Å². The number of sulfonamides is 1. The van der Waals surface area contributed by atoms with Crippen LogP contribution < -0.4 is 15.8 Å². The standard InChI is InChI=1S/C18H17N3O5S/c1-11-8-12-4-2-3-5-14(12)21(11)17(22)10-20-15-7-6-13(27(19,24)25)9-16(15)26-18(20)23/h2-7,9,11H,8,10H2,1H3,(H2,19,24,25)/t11-/m1/s1. The SMILES string of the molecule is C[C@@H]1Cc2ccccc2N1C(=O)Cn1c(=O)oc2cc(S(N)(=O)=O)ccc21. The van der Waals surface area contributed by atoms with Gasteiger partial charge in [0.15, 0.2) is 5.58 Å². The van der Waals surface area contributed by atoms with Crippen LogP contribution in [0.4, 0.5) is 5.69 Å². The number of carbonyl (C=O) groups excluding carboxylic acids is 1. The molecule has 0 spiro atoms. The molecular formula is C18H17N3O5S. The topological polar surface area (TPSA) is 116 Å². The van der Waals surface area contributed by atoms with E-state index in [9.17, 15) is 18.0 Å². The van der Waals surface area contributed by atoms with Gasteiger partial charge in [-0.15, -0.1) is 0 Å². The molecule has 8 nitrogen and oxygen atoms in total. The summed E-state index contributed by atoms with van der Waals surface area (Å²) in [4.78, 5) is 26.7. The highest BCUT2D eigenvalue weighted by molar-refractivity contribution is 7.89. The lowest BCUT2D eigenvalue weighted by Crippen LogP contribution is -2.39. The normalized spacial score (nSPS) is 16.7. The molecule has 1 aromatic heterocycles. The molecule has 2 aromatic carbocycles. The monoisotopic (exact) mass is 387 g/mol. The Morgan fingerprint density at radius 2 is 2.00 bits per heavy atom. The fraction of sp³-hybridized carbons (Fsp3) is 0.222. The lowest BCUT2D eigenvalue weighted by Gasteiger charge is -2.22. The second-order valence-electron chi connectivity index (χ2n) is 6.57. The van der Waals surface area contributed by atoms with Crippen molar-refractivity contribution in [1.29, 1.82) is 0 Å². The highest BCUT2D eigenvalue weighted by Gasteiger charge is 2.31. The first-order valence-electron chi connectivity index (χ1n) is 8.32. The maximum absolute atomic E-state index is 12.9. The van der Waals surface area contributed by atoms with Gasteiger partial charge in [0.25, 0.3) is 0 Å². The molecule has 0 fully saturated rings. The summed E-state index contributed by atoms with van der Waals surface area (Å²) in [6.07, 6.45) is 0.751. The Hall–Kier alpha value is -2.91. The van der Waals surface area contributed by atoms with E-state index in [4.69, 9.17) is 9.56 Å². The van der Waals surface area contributed by atoms with Crippen molar-refractivity contribution in [2.75, 3.05) is 4.90 Å². The molecule has 1 aliphatic heterocycles. The molecule has 3 aromatic rings. The largest absolute Gasteiger partial charge is 0.420 e. The minimum atomic E-state index is -3.92. The van der Waals surface area contributed by atoms with Crippen molar-refractivity contribution in [3.63, 3.8) is 0 Å². The molecule has 0 aliphatic carbocycles. The molecule has 1 amide bonds. The number of benzene rings is 2. The van der Waals surface area contributed by atoms with Gasteiger partial charge in [0, 0.05) is 17.8 Å². The van der Waals surface area contributed by atoms with Crippen molar-refractivity contribution in [1.82, 2.24) is 4.57 Å². The third-order valence-corrected chi connectivity index (χ3v) is 5.65. The summed E-state index contributed by atoms with van der Waals surface area (Å²) in [5.74, 6) is -0.974. The van der Waals surface area contributed by atoms with E-state index in [0.717, 1.165) is 17.7 Å². The van der Waals surface area contributed by atoms with E-state index in [1.165, 1.54) is 22.8 Å². The van der Waals surface area contributed by atoms with Gasteiger partial charge in [0.05, 0.1) is 10.4 Å². The number of aromatic nitrogens is 1. The van der Waals surface area contributed by atoms with Crippen LogP contribution in [0.5, 0.6) is 0 Å². The molecule has 1 aliphatic rings. The predicted octanol–water partition coefficient (Wildman–Crippen LogP) is 1.22. The number of fused-ring (bicyclic) bond motifs is 2. The number of primary sulfonamides is 1. The predicted molar refractivity (Wildman–Crippen MR) is 98.9 cm³/mol. The maximum atomic E-state index is 12.9. The maximum Gasteiger partial charge on any atom is 0.420 e. The van der Waals surface area contributed by atoms with Crippen LogP contribution in [0, 0.1) is 0 Å². The Labute approximate surface area is 154 Å². The van der Waals surface area contributed by atoms with Crippen molar-refractivity contribution < 1.29 is 17.6 Å². The van der Waals surface area contributed by atoms with Gasteiger partial charge < -0.3 is 9.32 Å². The molecule has 27 heavy (non-hydrogen) atoms. The minimum Gasteiger partial charge on any atom is -0.408 e. The molecule has 0 bridgehead atoms. The van der Waals surface area contributed by atoms with Gasteiger partial charge >= 0.3 is 5.76 Å². The number of hydrogen-bond donors (Lipinski definition) is 1. The van der Waals surface area contributed by atoms with E-state index in [1.807, 2.05) is 31.2 Å². The van der Waals surface area contributed by atoms with Crippen LogP contribution in [0.3, 0.4) is 0 Å². The molecule has 0 saturated carbocycles. The van der Waals surface area contributed by atoms with Gasteiger partial charge in [-0.05, 0) is 37.1 Å². The zero-order valence-corrected chi connectivity index (χ0v) is 15.3. The van der Waals surface area contributed by atoms with Crippen molar-refractivity contribution in [3.8, 4) is 0 Å². The van der Waals surface area contributed by atoms with Gasteiger partial charge in [-0.25, -0.2) is 18.4 Å². The minimum absolute atomic E-state index is 0.0160. The van der Waals surface area contributed by atoms with E-state index < -0.39 is 15.8 Å². The summed E-state index contributed by atoms with van der Waals surface area (Å²) in [7, 11) is -3.92. The first kappa shape index (κ1) is 17.5. The van der Waals surface area contributed by atoms with Crippen molar-refractivity contribution >= 4 is 32.7 Å². The molecular weight excluding hydrogens is 370 g/mol. The summed E-state index contributed by atoms with van der Waals surface area (Å²) in [5.41, 5.74) is 2.32. The van der Waals surface area contributed by atoms with Gasteiger partial charge in [-0.3, -0.25) is 9.36 Å². The average molecular weight is 387 g/mol. The number of para-hydroxylation sites is 1. The number of nitrogens with two attached hydrogens (primary N) is 1. The quantitative estimate of drug-likeness (QED) is 0.725. The summed E-state index contributed by atoms with van der Waals surface area (Å²) < 4.78 is 29.2. The second kappa shape index (κ2) is 6.07. The summed E-state index contributed by atoms with van der Waals surface area (Å²) in [6.45, 7) is 1.74. The number of carbonyl (C=O) groups is 1. The van der Waals surface area contributed by atoms with Crippen LogP contribution in [0.15, 0.2) is 56.6 Å². The number of nitrogens with zero attached hydrogens (tertiary/aromatic N) is 2. The zero-order chi connectivity index (χ0) is 19.3. The molecule has 0 radical (unpaired) electrons. The lowest BCUT2D eigenvalue weighted by atomic mass is 10.1. The number of amides is 1. The molecule has 4 rings (SSSR count). The Kier molecular flexibility index (Phi) is 3.93. The van der Waals surface area contributed by atoms with E-state index in [1.54, 1.807) is 4.90 Å².